The first kappa shape index (κ1) is 11.0. The lowest BCUT2D eigenvalue weighted by Gasteiger charge is -2.28. The molecule has 0 saturated carbocycles. The Morgan fingerprint density at radius 2 is 2.07 bits per heavy atom. The van der Waals surface area contributed by atoms with E-state index < -0.39 is 0 Å². The first-order chi connectivity index (χ1) is 6.61. The highest BCUT2D eigenvalue weighted by Gasteiger charge is 2.20. The predicted molar refractivity (Wildman–Crippen MR) is 56.8 cm³/mol. The second-order valence-electron chi connectivity index (χ2n) is 3.73. The molecule has 1 aromatic heterocycles. The van der Waals surface area contributed by atoms with E-state index in [0.29, 0.717) is 5.82 Å². The zero-order valence-corrected chi connectivity index (χ0v) is 8.97. The van der Waals surface area contributed by atoms with Gasteiger partial charge in [-0.15, -0.1) is 0 Å². The van der Waals surface area contributed by atoms with Crippen LogP contribution in [0.5, 0.6) is 0 Å². The Hall–Kier alpha value is -1.12. The van der Waals surface area contributed by atoms with Gasteiger partial charge >= 0.3 is 0 Å². The minimum absolute atomic E-state index is 0.0742. The number of pyridine rings is 1. The third kappa shape index (κ3) is 2.44. The number of rotatable bonds is 4. The summed E-state index contributed by atoms with van der Waals surface area (Å²) in [6.45, 7) is 6.23. The van der Waals surface area contributed by atoms with Gasteiger partial charge in [-0.1, -0.05) is 13.8 Å². The maximum Gasteiger partial charge on any atom is 0.165 e. The minimum Gasteiger partial charge on any atom is -0.363 e. The normalized spacial score (nSPS) is 11.4. The van der Waals surface area contributed by atoms with Crippen LogP contribution in [0, 0.1) is 5.82 Å². The third-order valence-corrected chi connectivity index (χ3v) is 2.74. The number of nitrogens with zero attached hydrogens (tertiary/aromatic N) is 1. The predicted octanol–water partition coefficient (Wildman–Crippen LogP) is 3.21. The molecule has 78 valence electrons. The summed E-state index contributed by atoms with van der Waals surface area (Å²) in [6.07, 6.45) is 3.48. The van der Waals surface area contributed by atoms with E-state index in [1.165, 1.54) is 6.07 Å². The van der Waals surface area contributed by atoms with Gasteiger partial charge in [0.25, 0.3) is 0 Å². The van der Waals surface area contributed by atoms with Crippen LogP contribution in [0.15, 0.2) is 18.3 Å². The molecule has 0 aromatic carbocycles. The Morgan fingerprint density at radius 1 is 1.43 bits per heavy atom. The molecule has 0 fully saturated rings. The zero-order chi connectivity index (χ0) is 10.6. The van der Waals surface area contributed by atoms with E-state index in [0.717, 1.165) is 12.8 Å². The highest BCUT2D eigenvalue weighted by molar-refractivity contribution is 5.38. The highest BCUT2D eigenvalue weighted by Crippen LogP contribution is 2.21. The number of anilines is 1. The Balaban J connectivity index is 2.82. The fraction of sp³-hybridized carbons (Fsp3) is 0.545. The summed E-state index contributed by atoms with van der Waals surface area (Å²) in [5.74, 6) is 0.0549. The number of aromatic nitrogens is 1. The lowest BCUT2D eigenvalue weighted by atomic mass is 9.95. The van der Waals surface area contributed by atoms with Crippen molar-refractivity contribution in [3.05, 3.63) is 24.1 Å². The second-order valence-corrected chi connectivity index (χ2v) is 3.73. The van der Waals surface area contributed by atoms with Gasteiger partial charge in [0.2, 0.25) is 0 Å². The van der Waals surface area contributed by atoms with E-state index in [1.807, 2.05) is 0 Å². The van der Waals surface area contributed by atoms with Crippen molar-refractivity contribution >= 4 is 5.82 Å². The first-order valence-electron chi connectivity index (χ1n) is 5.00. The molecule has 0 saturated heterocycles. The van der Waals surface area contributed by atoms with E-state index in [-0.39, 0.29) is 11.4 Å². The molecule has 0 unspecified atom stereocenters. The molecule has 1 N–H and O–H groups in total. The van der Waals surface area contributed by atoms with Gasteiger partial charge in [-0.25, -0.2) is 9.37 Å². The van der Waals surface area contributed by atoms with Crippen molar-refractivity contribution in [3.63, 3.8) is 0 Å². The number of hydrogen-bond acceptors (Lipinski definition) is 2. The molecule has 3 heteroatoms. The van der Waals surface area contributed by atoms with Crippen molar-refractivity contribution < 1.29 is 4.39 Å². The summed E-state index contributed by atoms with van der Waals surface area (Å²) < 4.78 is 13.3. The standard InChI is InChI=1S/C11H17FN2/c1-4-11(3,5-2)14-10-9(12)7-6-8-13-10/h6-8H,4-5H2,1-3H3,(H,13,14). The van der Waals surface area contributed by atoms with Gasteiger partial charge < -0.3 is 5.32 Å². The first-order valence-corrected chi connectivity index (χ1v) is 5.00. The number of halogens is 1. The van der Waals surface area contributed by atoms with E-state index >= 15 is 0 Å². The van der Waals surface area contributed by atoms with Gasteiger partial charge in [0.05, 0.1) is 0 Å². The molecule has 1 heterocycles. The van der Waals surface area contributed by atoms with Crippen molar-refractivity contribution in [2.24, 2.45) is 0 Å². The molecule has 1 aromatic rings. The third-order valence-electron chi connectivity index (χ3n) is 2.74. The number of hydrogen-bond donors (Lipinski definition) is 1. The summed E-state index contributed by atoms with van der Waals surface area (Å²) >= 11 is 0. The molecular formula is C11H17FN2. The van der Waals surface area contributed by atoms with Crippen LogP contribution in [0.3, 0.4) is 0 Å². The molecule has 0 amide bonds. The van der Waals surface area contributed by atoms with Crippen LogP contribution < -0.4 is 5.32 Å². The summed E-state index contributed by atoms with van der Waals surface area (Å²) in [7, 11) is 0. The van der Waals surface area contributed by atoms with Gasteiger partial charge in [-0.2, -0.15) is 0 Å². The average molecular weight is 196 g/mol. The molecule has 0 aliphatic rings. The van der Waals surface area contributed by atoms with Crippen LogP contribution in [0.2, 0.25) is 0 Å². The summed E-state index contributed by atoms with van der Waals surface area (Å²) in [6, 6.07) is 3.01. The van der Waals surface area contributed by atoms with Crippen LogP contribution in [-0.4, -0.2) is 10.5 Å². The molecule has 0 spiro atoms. The summed E-state index contributed by atoms with van der Waals surface area (Å²) in [5, 5.41) is 3.14. The van der Waals surface area contributed by atoms with Crippen LogP contribution in [-0.2, 0) is 0 Å². The van der Waals surface area contributed by atoms with Crippen molar-refractivity contribution in [2.75, 3.05) is 5.32 Å². The van der Waals surface area contributed by atoms with Crippen molar-refractivity contribution in [1.29, 1.82) is 0 Å². The van der Waals surface area contributed by atoms with Gasteiger partial charge in [0.1, 0.15) is 0 Å². The molecule has 0 atom stereocenters. The largest absolute Gasteiger partial charge is 0.363 e. The van der Waals surface area contributed by atoms with Gasteiger partial charge in [-0.3, -0.25) is 0 Å². The molecule has 1 rings (SSSR count). The lowest BCUT2D eigenvalue weighted by molar-refractivity contribution is 0.471. The van der Waals surface area contributed by atoms with E-state index in [2.05, 4.69) is 31.1 Å². The second kappa shape index (κ2) is 4.40. The van der Waals surface area contributed by atoms with Gasteiger partial charge in [0.15, 0.2) is 11.6 Å². The van der Waals surface area contributed by atoms with E-state index in [4.69, 9.17) is 0 Å². The van der Waals surface area contributed by atoms with Crippen LogP contribution >= 0.6 is 0 Å². The van der Waals surface area contributed by atoms with Crippen LogP contribution in [0.1, 0.15) is 33.6 Å². The van der Waals surface area contributed by atoms with Gasteiger partial charge in [-0.05, 0) is 31.9 Å². The monoisotopic (exact) mass is 196 g/mol. The van der Waals surface area contributed by atoms with Crippen molar-refractivity contribution in [1.82, 2.24) is 4.98 Å². The fourth-order valence-electron chi connectivity index (χ4n) is 1.19. The van der Waals surface area contributed by atoms with E-state index in [9.17, 15) is 4.39 Å². The smallest absolute Gasteiger partial charge is 0.165 e. The minimum atomic E-state index is -0.291. The van der Waals surface area contributed by atoms with Crippen molar-refractivity contribution in [3.8, 4) is 0 Å². The molecular weight excluding hydrogens is 179 g/mol. The molecule has 0 aliphatic carbocycles. The maximum absolute atomic E-state index is 13.3. The fourth-order valence-corrected chi connectivity index (χ4v) is 1.19. The van der Waals surface area contributed by atoms with Crippen molar-refractivity contribution in [2.45, 2.75) is 39.2 Å². The molecule has 2 nitrogen and oxygen atoms in total. The Kier molecular flexibility index (Phi) is 3.44. The average Bonchev–Trinajstić information content (AvgIpc) is 2.21. The Bertz CT molecular complexity index is 295. The van der Waals surface area contributed by atoms with E-state index in [1.54, 1.807) is 12.3 Å². The number of nitrogens with one attached hydrogen (secondary N) is 1. The molecule has 0 radical (unpaired) electrons. The Morgan fingerprint density at radius 3 is 2.57 bits per heavy atom. The topological polar surface area (TPSA) is 24.9 Å². The lowest BCUT2D eigenvalue weighted by Crippen LogP contribution is -2.33. The van der Waals surface area contributed by atoms with Gasteiger partial charge in [0, 0.05) is 11.7 Å². The highest BCUT2D eigenvalue weighted by atomic mass is 19.1. The maximum atomic E-state index is 13.3. The summed E-state index contributed by atoms with van der Waals surface area (Å²) in [5.41, 5.74) is -0.0742. The summed E-state index contributed by atoms with van der Waals surface area (Å²) in [4.78, 5) is 3.97. The SMILES string of the molecule is CCC(C)(CC)Nc1ncccc1F. The Labute approximate surface area is 84.6 Å². The van der Waals surface area contributed by atoms with Crippen LogP contribution in [0.25, 0.3) is 0 Å². The quantitative estimate of drug-likeness (QED) is 0.799. The van der Waals surface area contributed by atoms with Crippen LogP contribution in [0.4, 0.5) is 10.2 Å². The zero-order valence-electron chi connectivity index (χ0n) is 8.97. The molecule has 14 heavy (non-hydrogen) atoms. The molecule has 0 aliphatic heterocycles. The molecule has 0 bridgehead atoms.